The second kappa shape index (κ2) is 7.18. The highest BCUT2D eigenvalue weighted by Gasteiger charge is 2.29. The monoisotopic (exact) mass is 360 g/mol. The zero-order valence-corrected chi connectivity index (χ0v) is 14.7. The van der Waals surface area contributed by atoms with Crippen LogP contribution in [0.2, 0.25) is 0 Å². The Morgan fingerprint density at radius 2 is 1.96 bits per heavy atom. The molecule has 0 aliphatic carbocycles. The third-order valence-corrected chi connectivity index (χ3v) is 5.88. The van der Waals surface area contributed by atoms with Gasteiger partial charge in [0.2, 0.25) is 0 Å². The highest BCUT2D eigenvalue weighted by molar-refractivity contribution is 7.91. The first-order chi connectivity index (χ1) is 11.9. The highest BCUT2D eigenvalue weighted by atomic mass is 32.2. The van der Waals surface area contributed by atoms with Crippen molar-refractivity contribution in [3.63, 3.8) is 0 Å². The number of amides is 1. The zero-order chi connectivity index (χ0) is 17.9. The molecule has 0 spiro atoms. The van der Waals surface area contributed by atoms with Crippen molar-refractivity contribution in [3.8, 4) is 0 Å². The van der Waals surface area contributed by atoms with E-state index in [0.29, 0.717) is 12.2 Å². The van der Waals surface area contributed by atoms with Crippen LogP contribution in [0.15, 0.2) is 42.7 Å². The van der Waals surface area contributed by atoms with Gasteiger partial charge in [0.25, 0.3) is 5.91 Å². The van der Waals surface area contributed by atoms with Crippen molar-refractivity contribution >= 4 is 21.6 Å². The average molecular weight is 360 g/mol. The summed E-state index contributed by atoms with van der Waals surface area (Å²) in [6.45, 7) is 2.01. The Balaban J connectivity index is 1.59. The minimum absolute atomic E-state index is 0.0135. The van der Waals surface area contributed by atoms with E-state index in [2.05, 4.69) is 20.6 Å². The summed E-state index contributed by atoms with van der Waals surface area (Å²) in [4.78, 5) is 20.5. The summed E-state index contributed by atoms with van der Waals surface area (Å²) in [5, 5.41) is 5.92. The van der Waals surface area contributed by atoms with E-state index in [1.54, 1.807) is 0 Å². The second-order valence-electron chi connectivity index (χ2n) is 6.14. The third-order valence-electron chi connectivity index (χ3n) is 4.12. The largest absolute Gasteiger partial charge is 0.362 e. The van der Waals surface area contributed by atoms with Gasteiger partial charge in [0.15, 0.2) is 9.84 Å². The Labute approximate surface area is 146 Å². The van der Waals surface area contributed by atoms with Gasteiger partial charge in [0.1, 0.15) is 11.5 Å². The van der Waals surface area contributed by atoms with E-state index >= 15 is 0 Å². The first-order valence-corrected chi connectivity index (χ1v) is 9.90. The fourth-order valence-corrected chi connectivity index (χ4v) is 4.41. The van der Waals surface area contributed by atoms with E-state index in [4.69, 9.17) is 0 Å². The molecule has 2 aromatic rings. The zero-order valence-electron chi connectivity index (χ0n) is 13.8. The summed E-state index contributed by atoms with van der Waals surface area (Å²) in [6, 6.07) is 9.63. The lowest BCUT2D eigenvalue weighted by Crippen LogP contribution is -2.36. The van der Waals surface area contributed by atoms with Crippen LogP contribution in [0.4, 0.5) is 5.82 Å². The standard InChI is InChI=1S/C17H20N4O3S/c1-12(13-5-3-2-4-6-13)20-16-10-18-15(9-19-16)17(22)21-14-7-8-25(23,24)11-14/h2-6,9-10,12,14H,7-8,11H2,1H3,(H,19,20)(H,21,22). The maximum atomic E-state index is 12.1. The van der Waals surface area contributed by atoms with Crippen LogP contribution in [0.1, 0.15) is 35.4 Å². The van der Waals surface area contributed by atoms with Crippen LogP contribution >= 0.6 is 0 Å². The van der Waals surface area contributed by atoms with Gasteiger partial charge in [-0.05, 0) is 18.9 Å². The number of hydrogen-bond donors (Lipinski definition) is 2. The van der Waals surface area contributed by atoms with Crippen molar-refractivity contribution in [2.75, 3.05) is 16.8 Å². The molecule has 2 unspecified atom stereocenters. The third kappa shape index (κ3) is 4.54. The van der Waals surface area contributed by atoms with Gasteiger partial charge in [0.05, 0.1) is 23.9 Å². The van der Waals surface area contributed by atoms with Gasteiger partial charge in [-0.2, -0.15) is 0 Å². The molecule has 1 fully saturated rings. The van der Waals surface area contributed by atoms with E-state index in [9.17, 15) is 13.2 Å². The number of aromatic nitrogens is 2. The van der Waals surface area contributed by atoms with Crippen molar-refractivity contribution in [3.05, 3.63) is 54.0 Å². The average Bonchev–Trinajstić information content (AvgIpc) is 2.94. The molecule has 7 nitrogen and oxygen atoms in total. The molecule has 2 heterocycles. The minimum Gasteiger partial charge on any atom is -0.362 e. The molecular weight excluding hydrogens is 340 g/mol. The van der Waals surface area contributed by atoms with Gasteiger partial charge in [0, 0.05) is 12.1 Å². The first-order valence-electron chi connectivity index (χ1n) is 8.08. The van der Waals surface area contributed by atoms with Crippen LogP contribution in [-0.2, 0) is 9.84 Å². The summed E-state index contributed by atoms with van der Waals surface area (Å²) < 4.78 is 22.9. The molecule has 1 aromatic heterocycles. The highest BCUT2D eigenvalue weighted by Crippen LogP contribution is 2.17. The predicted octanol–water partition coefficient (Wildman–Crippen LogP) is 1.57. The van der Waals surface area contributed by atoms with E-state index in [1.807, 2.05) is 37.3 Å². The number of sulfone groups is 1. The molecule has 2 N–H and O–H groups in total. The number of rotatable bonds is 5. The summed E-state index contributed by atoms with van der Waals surface area (Å²) in [5.74, 6) is 0.262. The van der Waals surface area contributed by atoms with Crippen LogP contribution < -0.4 is 10.6 Å². The van der Waals surface area contributed by atoms with Gasteiger partial charge < -0.3 is 10.6 Å². The molecule has 8 heteroatoms. The molecule has 2 atom stereocenters. The lowest BCUT2D eigenvalue weighted by Gasteiger charge is -2.15. The maximum Gasteiger partial charge on any atom is 0.271 e. The molecule has 1 aliphatic rings. The molecule has 132 valence electrons. The quantitative estimate of drug-likeness (QED) is 0.839. The predicted molar refractivity (Wildman–Crippen MR) is 95.0 cm³/mol. The van der Waals surface area contributed by atoms with E-state index in [1.165, 1.54) is 12.4 Å². The van der Waals surface area contributed by atoms with Crippen molar-refractivity contribution < 1.29 is 13.2 Å². The molecule has 0 saturated carbocycles. The Hall–Kier alpha value is -2.48. The molecule has 0 radical (unpaired) electrons. The minimum atomic E-state index is -3.03. The topological polar surface area (TPSA) is 101 Å². The fraction of sp³-hybridized carbons (Fsp3) is 0.353. The summed E-state index contributed by atoms with van der Waals surface area (Å²) in [7, 11) is -3.03. The van der Waals surface area contributed by atoms with Crippen LogP contribution in [0.3, 0.4) is 0 Å². The molecule has 1 aromatic carbocycles. The lowest BCUT2D eigenvalue weighted by atomic mass is 10.1. The van der Waals surface area contributed by atoms with Gasteiger partial charge in [-0.1, -0.05) is 30.3 Å². The Morgan fingerprint density at radius 3 is 2.56 bits per heavy atom. The van der Waals surface area contributed by atoms with E-state index < -0.39 is 15.7 Å². The summed E-state index contributed by atoms with van der Waals surface area (Å²) >= 11 is 0. The van der Waals surface area contributed by atoms with Gasteiger partial charge >= 0.3 is 0 Å². The van der Waals surface area contributed by atoms with Crippen molar-refractivity contribution in [1.82, 2.24) is 15.3 Å². The Kier molecular flexibility index (Phi) is 4.98. The molecule has 1 aliphatic heterocycles. The Morgan fingerprint density at radius 1 is 1.20 bits per heavy atom. The Bertz CT molecular complexity index is 838. The second-order valence-corrected chi connectivity index (χ2v) is 8.37. The van der Waals surface area contributed by atoms with E-state index in [0.717, 1.165) is 5.56 Å². The normalized spacial score (nSPS) is 20.0. The van der Waals surface area contributed by atoms with Gasteiger partial charge in [-0.3, -0.25) is 4.79 Å². The van der Waals surface area contributed by atoms with Crippen LogP contribution in [0, 0.1) is 0 Å². The maximum absolute atomic E-state index is 12.1. The number of hydrogen-bond acceptors (Lipinski definition) is 6. The number of nitrogens with zero attached hydrogens (tertiary/aromatic N) is 2. The molecule has 1 amide bonds. The van der Waals surface area contributed by atoms with Gasteiger partial charge in [-0.15, -0.1) is 0 Å². The van der Waals surface area contributed by atoms with Gasteiger partial charge in [-0.25, -0.2) is 18.4 Å². The van der Waals surface area contributed by atoms with Crippen LogP contribution in [0.5, 0.6) is 0 Å². The lowest BCUT2D eigenvalue weighted by molar-refractivity contribution is 0.0935. The summed E-state index contributed by atoms with van der Waals surface area (Å²) in [6.07, 6.45) is 3.33. The smallest absolute Gasteiger partial charge is 0.271 e. The molecular formula is C17H20N4O3S. The van der Waals surface area contributed by atoms with Crippen molar-refractivity contribution in [2.45, 2.75) is 25.4 Å². The van der Waals surface area contributed by atoms with Crippen LogP contribution in [0.25, 0.3) is 0 Å². The number of carbonyl (C=O) groups excluding carboxylic acids is 1. The SMILES string of the molecule is CC(Nc1cnc(C(=O)NC2CCS(=O)(=O)C2)cn1)c1ccccc1. The molecule has 25 heavy (non-hydrogen) atoms. The number of nitrogens with one attached hydrogen (secondary N) is 2. The number of benzene rings is 1. The molecule has 1 saturated heterocycles. The summed E-state index contributed by atoms with van der Waals surface area (Å²) in [5.41, 5.74) is 1.29. The molecule has 0 bridgehead atoms. The molecule has 3 rings (SSSR count). The fourth-order valence-electron chi connectivity index (χ4n) is 2.73. The number of carbonyl (C=O) groups is 1. The number of anilines is 1. The van der Waals surface area contributed by atoms with Crippen molar-refractivity contribution in [1.29, 1.82) is 0 Å². The van der Waals surface area contributed by atoms with E-state index in [-0.39, 0.29) is 29.3 Å². The van der Waals surface area contributed by atoms with Crippen LogP contribution in [-0.4, -0.2) is 41.8 Å². The van der Waals surface area contributed by atoms with Crippen molar-refractivity contribution in [2.24, 2.45) is 0 Å². The first kappa shape index (κ1) is 17.3.